The van der Waals surface area contributed by atoms with Gasteiger partial charge >= 0.3 is 0 Å². The SMILES string of the molecule is Cc1cccc(-n2cnc3cc(C(=O)NCc4ccccn4)ccc32)c1. The zero-order valence-corrected chi connectivity index (χ0v) is 14.4. The molecule has 26 heavy (non-hydrogen) atoms. The summed E-state index contributed by atoms with van der Waals surface area (Å²) < 4.78 is 2.03. The Bertz CT molecular complexity index is 1070. The van der Waals surface area contributed by atoms with E-state index in [-0.39, 0.29) is 5.91 Å². The number of amides is 1. The summed E-state index contributed by atoms with van der Waals surface area (Å²) in [7, 11) is 0. The van der Waals surface area contributed by atoms with Gasteiger partial charge in [-0.15, -0.1) is 0 Å². The topological polar surface area (TPSA) is 59.8 Å². The Morgan fingerprint density at radius 2 is 1.96 bits per heavy atom. The third-order valence-corrected chi connectivity index (χ3v) is 4.25. The van der Waals surface area contributed by atoms with Crippen molar-refractivity contribution >= 4 is 16.9 Å². The summed E-state index contributed by atoms with van der Waals surface area (Å²) in [5, 5.41) is 2.89. The number of pyridine rings is 1. The monoisotopic (exact) mass is 342 g/mol. The quantitative estimate of drug-likeness (QED) is 0.616. The molecule has 2 aromatic heterocycles. The van der Waals surface area contributed by atoms with Gasteiger partial charge in [0, 0.05) is 17.4 Å². The van der Waals surface area contributed by atoms with Gasteiger partial charge in [0.25, 0.3) is 5.91 Å². The molecule has 0 aliphatic carbocycles. The van der Waals surface area contributed by atoms with Crippen molar-refractivity contribution in [2.45, 2.75) is 13.5 Å². The van der Waals surface area contributed by atoms with Crippen molar-refractivity contribution in [2.24, 2.45) is 0 Å². The molecule has 0 unspecified atom stereocenters. The normalized spacial score (nSPS) is 10.8. The number of fused-ring (bicyclic) bond motifs is 1. The average Bonchev–Trinajstić information content (AvgIpc) is 3.10. The van der Waals surface area contributed by atoms with E-state index in [1.165, 1.54) is 5.56 Å². The van der Waals surface area contributed by atoms with Crippen molar-refractivity contribution in [3.8, 4) is 5.69 Å². The van der Waals surface area contributed by atoms with Crippen molar-refractivity contribution in [3.05, 3.63) is 90.0 Å². The number of benzene rings is 2. The number of rotatable bonds is 4. The number of carbonyl (C=O) groups is 1. The Morgan fingerprint density at radius 3 is 2.77 bits per heavy atom. The lowest BCUT2D eigenvalue weighted by atomic mass is 10.1. The molecule has 1 amide bonds. The van der Waals surface area contributed by atoms with Gasteiger partial charge in [0.15, 0.2) is 0 Å². The summed E-state index contributed by atoms with van der Waals surface area (Å²) >= 11 is 0. The molecule has 0 saturated heterocycles. The van der Waals surface area contributed by atoms with E-state index in [9.17, 15) is 4.79 Å². The van der Waals surface area contributed by atoms with Crippen LogP contribution in [-0.4, -0.2) is 20.4 Å². The highest BCUT2D eigenvalue weighted by molar-refractivity contribution is 5.97. The van der Waals surface area contributed by atoms with E-state index in [1.54, 1.807) is 12.5 Å². The molecular formula is C21H18N4O. The summed E-state index contributed by atoms with van der Waals surface area (Å²) in [4.78, 5) is 21.1. The number of nitrogens with zero attached hydrogens (tertiary/aromatic N) is 3. The van der Waals surface area contributed by atoms with Crippen LogP contribution in [0.4, 0.5) is 0 Å². The smallest absolute Gasteiger partial charge is 0.251 e. The van der Waals surface area contributed by atoms with Crippen molar-refractivity contribution in [1.82, 2.24) is 19.9 Å². The minimum Gasteiger partial charge on any atom is -0.346 e. The summed E-state index contributed by atoms with van der Waals surface area (Å²) in [5.41, 5.74) is 5.41. The Morgan fingerprint density at radius 1 is 1.04 bits per heavy atom. The van der Waals surface area contributed by atoms with E-state index in [0.29, 0.717) is 12.1 Å². The molecule has 0 aliphatic rings. The van der Waals surface area contributed by atoms with E-state index in [4.69, 9.17) is 0 Å². The van der Waals surface area contributed by atoms with Crippen LogP contribution in [0.2, 0.25) is 0 Å². The highest BCUT2D eigenvalue weighted by atomic mass is 16.1. The lowest BCUT2D eigenvalue weighted by Gasteiger charge is -2.07. The predicted molar refractivity (Wildman–Crippen MR) is 101 cm³/mol. The maximum Gasteiger partial charge on any atom is 0.251 e. The second-order valence-corrected chi connectivity index (χ2v) is 6.16. The molecule has 5 nitrogen and oxygen atoms in total. The Balaban J connectivity index is 1.57. The number of hydrogen-bond acceptors (Lipinski definition) is 3. The fourth-order valence-corrected chi connectivity index (χ4v) is 2.91. The van der Waals surface area contributed by atoms with Crippen LogP contribution in [0, 0.1) is 6.92 Å². The molecule has 2 aromatic carbocycles. The standard InChI is InChI=1S/C21H18N4O/c1-15-5-4-7-18(11-15)25-14-24-19-12-16(8-9-20(19)25)21(26)23-13-17-6-2-3-10-22-17/h2-12,14H,13H2,1H3,(H,23,26). The summed E-state index contributed by atoms with van der Waals surface area (Å²) in [6.07, 6.45) is 3.50. The molecule has 0 spiro atoms. The van der Waals surface area contributed by atoms with Gasteiger partial charge in [-0.2, -0.15) is 0 Å². The third kappa shape index (κ3) is 3.19. The van der Waals surface area contributed by atoms with Gasteiger partial charge in [-0.05, 0) is 55.0 Å². The van der Waals surface area contributed by atoms with Crippen LogP contribution in [0.25, 0.3) is 16.7 Å². The Kier molecular flexibility index (Phi) is 4.19. The maximum absolute atomic E-state index is 12.4. The fourth-order valence-electron chi connectivity index (χ4n) is 2.91. The first-order valence-electron chi connectivity index (χ1n) is 8.43. The molecule has 0 fully saturated rings. The van der Waals surface area contributed by atoms with Gasteiger partial charge in [-0.3, -0.25) is 14.3 Å². The van der Waals surface area contributed by atoms with Crippen molar-refractivity contribution in [2.75, 3.05) is 0 Å². The molecule has 1 N–H and O–H groups in total. The molecule has 4 aromatic rings. The van der Waals surface area contributed by atoms with Crippen molar-refractivity contribution in [3.63, 3.8) is 0 Å². The molecule has 2 heterocycles. The van der Waals surface area contributed by atoms with Crippen LogP contribution in [0.1, 0.15) is 21.6 Å². The first kappa shape index (κ1) is 16.0. The second kappa shape index (κ2) is 6.80. The second-order valence-electron chi connectivity index (χ2n) is 6.16. The molecule has 0 radical (unpaired) electrons. The third-order valence-electron chi connectivity index (χ3n) is 4.25. The molecule has 128 valence electrons. The zero-order valence-electron chi connectivity index (χ0n) is 14.4. The van der Waals surface area contributed by atoms with Crippen LogP contribution in [0.3, 0.4) is 0 Å². The highest BCUT2D eigenvalue weighted by Crippen LogP contribution is 2.20. The van der Waals surface area contributed by atoms with Gasteiger partial charge in [-0.1, -0.05) is 18.2 Å². The molecule has 0 bridgehead atoms. The maximum atomic E-state index is 12.4. The molecule has 0 aliphatic heterocycles. The molecule has 0 atom stereocenters. The van der Waals surface area contributed by atoms with Gasteiger partial charge in [-0.25, -0.2) is 4.98 Å². The van der Waals surface area contributed by atoms with Crippen LogP contribution >= 0.6 is 0 Å². The number of imidazole rings is 1. The zero-order chi connectivity index (χ0) is 17.9. The van der Waals surface area contributed by atoms with Gasteiger partial charge < -0.3 is 5.32 Å². The van der Waals surface area contributed by atoms with Gasteiger partial charge in [0.2, 0.25) is 0 Å². The average molecular weight is 342 g/mol. The molecular weight excluding hydrogens is 324 g/mol. The van der Waals surface area contributed by atoms with Crippen LogP contribution in [-0.2, 0) is 6.54 Å². The summed E-state index contributed by atoms with van der Waals surface area (Å²) in [5.74, 6) is -0.136. The number of hydrogen-bond donors (Lipinski definition) is 1. The number of carbonyl (C=O) groups excluding carboxylic acids is 1. The lowest BCUT2D eigenvalue weighted by molar-refractivity contribution is 0.0950. The minimum atomic E-state index is -0.136. The van der Waals surface area contributed by atoms with E-state index < -0.39 is 0 Å². The molecule has 0 saturated carbocycles. The molecule has 4 rings (SSSR count). The lowest BCUT2D eigenvalue weighted by Crippen LogP contribution is -2.23. The summed E-state index contributed by atoms with van der Waals surface area (Å²) in [6, 6.07) is 19.4. The van der Waals surface area contributed by atoms with E-state index in [1.807, 2.05) is 53.1 Å². The minimum absolute atomic E-state index is 0.136. The van der Waals surface area contributed by atoms with Crippen molar-refractivity contribution in [1.29, 1.82) is 0 Å². The number of aromatic nitrogens is 3. The van der Waals surface area contributed by atoms with Crippen LogP contribution in [0.15, 0.2) is 73.2 Å². The van der Waals surface area contributed by atoms with E-state index in [0.717, 1.165) is 22.4 Å². The summed E-state index contributed by atoms with van der Waals surface area (Å²) in [6.45, 7) is 2.46. The number of nitrogens with one attached hydrogen (secondary N) is 1. The van der Waals surface area contributed by atoms with Crippen molar-refractivity contribution < 1.29 is 4.79 Å². The Labute approximate surface area is 151 Å². The first-order chi connectivity index (χ1) is 12.7. The van der Waals surface area contributed by atoms with E-state index in [2.05, 4.69) is 34.3 Å². The van der Waals surface area contributed by atoms with Crippen LogP contribution in [0.5, 0.6) is 0 Å². The van der Waals surface area contributed by atoms with Gasteiger partial charge in [0.05, 0.1) is 23.3 Å². The first-order valence-corrected chi connectivity index (χ1v) is 8.43. The van der Waals surface area contributed by atoms with Gasteiger partial charge in [0.1, 0.15) is 6.33 Å². The van der Waals surface area contributed by atoms with Crippen LogP contribution < -0.4 is 5.32 Å². The largest absolute Gasteiger partial charge is 0.346 e. The number of aryl methyl sites for hydroxylation is 1. The highest BCUT2D eigenvalue weighted by Gasteiger charge is 2.10. The fraction of sp³-hybridized carbons (Fsp3) is 0.0952. The predicted octanol–water partition coefficient (Wildman–Crippen LogP) is 3.66. The van der Waals surface area contributed by atoms with E-state index >= 15 is 0 Å². The Hall–Kier alpha value is -3.47. The molecule has 5 heteroatoms.